The minimum Gasteiger partial charge on any atom is -0.381 e. The molecule has 1 saturated heterocycles. The van der Waals surface area contributed by atoms with Crippen molar-refractivity contribution >= 4 is 16.8 Å². The van der Waals surface area contributed by atoms with Crippen LogP contribution in [0.25, 0.3) is 10.9 Å². The van der Waals surface area contributed by atoms with E-state index in [0.29, 0.717) is 18.0 Å². The molecule has 2 aromatic rings. The Bertz CT molecular complexity index is 591. The van der Waals surface area contributed by atoms with Crippen LogP contribution in [-0.4, -0.2) is 30.6 Å². The highest BCUT2D eigenvalue weighted by Gasteiger charge is 2.16. The standard InChI is InChI=1S/C15H16N2O2/c18-15(17-9-11-5-7-19-10-11)13-3-4-14-12(8-13)2-1-6-16-14/h1-4,6,8,11H,5,7,9-10H2,(H,17,18)/t11-/m1/s1. The van der Waals surface area contributed by atoms with Gasteiger partial charge in [-0.15, -0.1) is 0 Å². The van der Waals surface area contributed by atoms with Crippen LogP contribution >= 0.6 is 0 Å². The quantitative estimate of drug-likeness (QED) is 0.913. The summed E-state index contributed by atoms with van der Waals surface area (Å²) in [7, 11) is 0. The van der Waals surface area contributed by atoms with Crippen LogP contribution in [0.5, 0.6) is 0 Å². The molecule has 98 valence electrons. The normalized spacial score (nSPS) is 18.6. The number of ether oxygens (including phenoxy) is 1. The second-order valence-corrected chi connectivity index (χ2v) is 4.85. The minimum absolute atomic E-state index is 0.0300. The van der Waals surface area contributed by atoms with E-state index in [1.54, 1.807) is 6.20 Å². The van der Waals surface area contributed by atoms with E-state index in [1.165, 1.54) is 0 Å². The van der Waals surface area contributed by atoms with E-state index in [4.69, 9.17) is 4.74 Å². The Labute approximate surface area is 111 Å². The number of hydrogen-bond acceptors (Lipinski definition) is 3. The molecule has 4 heteroatoms. The van der Waals surface area contributed by atoms with Gasteiger partial charge in [0.05, 0.1) is 12.1 Å². The maximum absolute atomic E-state index is 12.1. The second kappa shape index (κ2) is 5.36. The van der Waals surface area contributed by atoms with Gasteiger partial charge in [-0.25, -0.2) is 0 Å². The highest BCUT2D eigenvalue weighted by molar-refractivity contribution is 5.97. The number of carbonyl (C=O) groups is 1. The van der Waals surface area contributed by atoms with Crippen LogP contribution in [0.1, 0.15) is 16.8 Å². The van der Waals surface area contributed by atoms with Gasteiger partial charge in [0.15, 0.2) is 0 Å². The summed E-state index contributed by atoms with van der Waals surface area (Å²) < 4.78 is 5.29. The predicted octanol–water partition coefficient (Wildman–Crippen LogP) is 2.00. The first-order chi connectivity index (χ1) is 9.33. The molecule has 4 nitrogen and oxygen atoms in total. The summed E-state index contributed by atoms with van der Waals surface area (Å²) in [6, 6.07) is 9.41. The van der Waals surface area contributed by atoms with E-state index in [0.717, 1.165) is 30.5 Å². The van der Waals surface area contributed by atoms with Gasteiger partial charge in [-0.05, 0) is 30.7 Å². The third kappa shape index (κ3) is 2.74. The van der Waals surface area contributed by atoms with Crippen molar-refractivity contribution in [1.82, 2.24) is 10.3 Å². The third-order valence-electron chi connectivity index (χ3n) is 3.44. The molecule has 0 unspecified atom stereocenters. The number of amides is 1. The van der Waals surface area contributed by atoms with Gasteiger partial charge < -0.3 is 10.1 Å². The number of nitrogens with zero attached hydrogens (tertiary/aromatic N) is 1. The zero-order valence-corrected chi connectivity index (χ0v) is 10.6. The van der Waals surface area contributed by atoms with Crippen LogP contribution in [0.3, 0.4) is 0 Å². The van der Waals surface area contributed by atoms with Crippen molar-refractivity contribution in [1.29, 1.82) is 0 Å². The summed E-state index contributed by atoms with van der Waals surface area (Å²) in [5, 5.41) is 3.95. The van der Waals surface area contributed by atoms with Crippen molar-refractivity contribution in [2.75, 3.05) is 19.8 Å². The van der Waals surface area contributed by atoms with Crippen molar-refractivity contribution in [2.45, 2.75) is 6.42 Å². The first-order valence-corrected chi connectivity index (χ1v) is 6.53. The average Bonchev–Trinajstić information content (AvgIpc) is 2.97. The number of rotatable bonds is 3. The Kier molecular flexibility index (Phi) is 3.42. The van der Waals surface area contributed by atoms with E-state index in [1.807, 2.05) is 30.3 Å². The number of fused-ring (bicyclic) bond motifs is 1. The lowest BCUT2D eigenvalue weighted by Gasteiger charge is -2.09. The molecular weight excluding hydrogens is 240 g/mol. The fourth-order valence-corrected chi connectivity index (χ4v) is 2.30. The predicted molar refractivity (Wildman–Crippen MR) is 73.0 cm³/mol. The highest BCUT2D eigenvalue weighted by atomic mass is 16.5. The van der Waals surface area contributed by atoms with Gasteiger partial charge in [-0.2, -0.15) is 0 Å². The van der Waals surface area contributed by atoms with Gasteiger partial charge in [-0.1, -0.05) is 6.07 Å². The lowest BCUT2D eigenvalue weighted by atomic mass is 10.1. The summed E-state index contributed by atoms with van der Waals surface area (Å²) in [6.45, 7) is 2.24. The number of hydrogen-bond donors (Lipinski definition) is 1. The van der Waals surface area contributed by atoms with E-state index in [9.17, 15) is 4.79 Å². The summed E-state index contributed by atoms with van der Waals surface area (Å²) >= 11 is 0. The lowest BCUT2D eigenvalue weighted by molar-refractivity contribution is 0.0945. The Morgan fingerprint density at radius 1 is 1.42 bits per heavy atom. The topological polar surface area (TPSA) is 51.2 Å². The summed E-state index contributed by atoms with van der Waals surface area (Å²) in [4.78, 5) is 16.3. The van der Waals surface area contributed by atoms with E-state index < -0.39 is 0 Å². The molecule has 3 rings (SSSR count). The molecule has 0 saturated carbocycles. The van der Waals surface area contributed by atoms with E-state index in [2.05, 4.69) is 10.3 Å². The van der Waals surface area contributed by atoms with Gasteiger partial charge in [0, 0.05) is 36.2 Å². The monoisotopic (exact) mass is 256 g/mol. The van der Waals surface area contributed by atoms with E-state index >= 15 is 0 Å². The molecule has 1 atom stereocenters. The number of carbonyl (C=O) groups excluding carboxylic acids is 1. The minimum atomic E-state index is -0.0300. The number of pyridine rings is 1. The van der Waals surface area contributed by atoms with E-state index in [-0.39, 0.29) is 5.91 Å². The van der Waals surface area contributed by atoms with Crippen LogP contribution in [0, 0.1) is 5.92 Å². The van der Waals surface area contributed by atoms with Crippen molar-refractivity contribution in [3.05, 3.63) is 42.1 Å². The molecule has 0 aliphatic carbocycles. The van der Waals surface area contributed by atoms with Crippen molar-refractivity contribution in [3.8, 4) is 0 Å². The molecule has 1 aromatic heterocycles. The number of benzene rings is 1. The highest BCUT2D eigenvalue weighted by Crippen LogP contribution is 2.14. The molecule has 0 bridgehead atoms. The Morgan fingerprint density at radius 3 is 3.21 bits per heavy atom. The summed E-state index contributed by atoms with van der Waals surface area (Å²) in [5.41, 5.74) is 1.59. The maximum atomic E-state index is 12.1. The molecule has 2 heterocycles. The Balaban J connectivity index is 1.70. The fraction of sp³-hybridized carbons (Fsp3) is 0.333. The van der Waals surface area contributed by atoms with Crippen molar-refractivity contribution in [3.63, 3.8) is 0 Å². The Hall–Kier alpha value is -1.94. The van der Waals surface area contributed by atoms with Gasteiger partial charge in [0.1, 0.15) is 0 Å². The number of aromatic nitrogens is 1. The molecule has 19 heavy (non-hydrogen) atoms. The fourth-order valence-electron chi connectivity index (χ4n) is 2.30. The largest absolute Gasteiger partial charge is 0.381 e. The third-order valence-corrected chi connectivity index (χ3v) is 3.44. The average molecular weight is 256 g/mol. The molecular formula is C15H16N2O2. The molecule has 0 radical (unpaired) electrons. The second-order valence-electron chi connectivity index (χ2n) is 4.85. The SMILES string of the molecule is O=C(NC[C@H]1CCOC1)c1ccc2ncccc2c1. The van der Waals surface area contributed by atoms with Crippen LogP contribution < -0.4 is 5.32 Å². The molecule has 1 N–H and O–H groups in total. The first kappa shape index (κ1) is 12.1. The molecule has 1 aromatic carbocycles. The van der Waals surface area contributed by atoms with Crippen molar-refractivity contribution < 1.29 is 9.53 Å². The lowest BCUT2D eigenvalue weighted by Crippen LogP contribution is -2.29. The van der Waals surface area contributed by atoms with Gasteiger partial charge in [0.25, 0.3) is 5.91 Å². The van der Waals surface area contributed by atoms with Crippen LogP contribution in [-0.2, 0) is 4.74 Å². The molecule has 1 aliphatic rings. The maximum Gasteiger partial charge on any atom is 0.251 e. The van der Waals surface area contributed by atoms with Gasteiger partial charge >= 0.3 is 0 Å². The summed E-state index contributed by atoms with van der Waals surface area (Å²) in [6.07, 6.45) is 2.78. The molecule has 1 aliphatic heterocycles. The Morgan fingerprint density at radius 2 is 2.37 bits per heavy atom. The van der Waals surface area contributed by atoms with Crippen molar-refractivity contribution in [2.24, 2.45) is 5.92 Å². The zero-order chi connectivity index (χ0) is 13.1. The first-order valence-electron chi connectivity index (χ1n) is 6.53. The molecule has 1 amide bonds. The van der Waals surface area contributed by atoms with Crippen LogP contribution in [0.2, 0.25) is 0 Å². The van der Waals surface area contributed by atoms with Crippen LogP contribution in [0.4, 0.5) is 0 Å². The molecule has 1 fully saturated rings. The van der Waals surface area contributed by atoms with Crippen LogP contribution in [0.15, 0.2) is 36.5 Å². The zero-order valence-electron chi connectivity index (χ0n) is 10.6. The number of nitrogens with one attached hydrogen (secondary N) is 1. The van der Waals surface area contributed by atoms with Gasteiger partial charge in [0.2, 0.25) is 0 Å². The smallest absolute Gasteiger partial charge is 0.251 e. The molecule has 0 spiro atoms. The van der Waals surface area contributed by atoms with Gasteiger partial charge in [-0.3, -0.25) is 9.78 Å². The summed E-state index contributed by atoms with van der Waals surface area (Å²) in [5.74, 6) is 0.420.